The largest absolute Gasteiger partial charge is 0.383 e. The lowest BCUT2D eigenvalue weighted by molar-refractivity contribution is 0.0106. The van der Waals surface area contributed by atoms with Gasteiger partial charge in [-0.1, -0.05) is 0 Å². The summed E-state index contributed by atoms with van der Waals surface area (Å²) in [6.07, 6.45) is 1.91. The van der Waals surface area contributed by atoms with Crippen molar-refractivity contribution in [2.75, 3.05) is 20.8 Å². The Morgan fingerprint density at radius 1 is 1.33 bits per heavy atom. The van der Waals surface area contributed by atoms with Gasteiger partial charge in [0.1, 0.15) is 0 Å². The van der Waals surface area contributed by atoms with Crippen molar-refractivity contribution in [3.8, 4) is 0 Å². The minimum Gasteiger partial charge on any atom is -0.383 e. The average molecular weight is 175 g/mol. The Morgan fingerprint density at radius 3 is 2.33 bits per heavy atom. The molecule has 74 valence electrons. The molecular weight excluding hydrogens is 154 g/mol. The van der Waals surface area contributed by atoms with Gasteiger partial charge in [0.25, 0.3) is 0 Å². The minimum atomic E-state index is -0.0641. The lowest BCUT2D eigenvalue weighted by Crippen LogP contribution is -2.30. The molecule has 0 aromatic carbocycles. The molecule has 0 fully saturated rings. The van der Waals surface area contributed by atoms with E-state index in [9.17, 15) is 0 Å². The number of hydrogen-bond donors (Lipinski definition) is 1. The molecule has 3 heteroatoms. The quantitative estimate of drug-likeness (QED) is 0.659. The van der Waals surface area contributed by atoms with E-state index in [1.807, 2.05) is 0 Å². The molecule has 0 spiro atoms. The molecule has 0 saturated heterocycles. The molecule has 1 atom stereocenters. The van der Waals surface area contributed by atoms with Gasteiger partial charge in [-0.2, -0.15) is 0 Å². The Balaban J connectivity index is 3.52. The third-order valence-corrected chi connectivity index (χ3v) is 2.05. The van der Waals surface area contributed by atoms with E-state index in [0.29, 0.717) is 6.61 Å². The molecule has 3 nitrogen and oxygen atoms in total. The van der Waals surface area contributed by atoms with Gasteiger partial charge in [0, 0.05) is 20.3 Å². The van der Waals surface area contributed by atoms with Crippen LogP contribution in [0.4, 0.5) is 0 Å². The molecular formula is C9H21NO2. The molecule has 0 aliphatic carbocycles. The third kappa shape index (κ3) is 5.52. The molecule has 0 rings (SSSR count). The zero-order valence-corrected chi connectivity index (χ0v) is 8.59. The molecule has 2 N–H and O–H groups in total. The first-order chi connectivity index (χ1) is 5.52. The van der Waals surface area contributed by atoms with Gasteiger partial charge in [0.15, 0.2) is 0 Å². The van der Waals surface area contributed by atoms with Crippen LogP contribution in [0.2, 0.25) is 0 Å². The van der Waals surface area contributed by atoms with Crippen LogP contribution in [-0.4, -0.2) is 32.5 Å². The lowest BCUT2D eigenvalue weighted by Gasteiger charge is -2.24. The maximum Gasteiger partial charge on any atom is 0.0623 e. The van der Waals surface area contributed by atoms with Gasteiger partial charge in [-0.25, -0.2) is 0 Å². The van der Waals surface area contributed by atoms with Crippen LogP contribution in [0.1, 0.15) is 26.7 Å². The highest BCUT2D eigenvalue weighted by Crippen LogP contribution is 2.15. The van der Waals surface area contributed by atoms with Crippen molar-refractivity contribution >= 4 is 0 Å². The van der Waals surface area contributed by atoms with Gasteiger partial charge in [-0.05, 0) is 26.7 Å². The fourth-order valence-corrected chi connectivity index (χ4v) is 0.932. The van der Waals surface area contributed by atoms with E-state index in [1.54, 1.807) is 14.2 Å². The van der Waals surface area contributed by atoms with Gasteiger partial charge < -0.3 is 15.2 Å². The molecule has 0 bridgehead atoms. The average Bonchev–Trinajstić information content (AvgIpc) is 2.02. The van der Waals surface area contributed by atoms with Crippen molar-refractivity contribution in [3.63, 3.8) is 0 Å². The van der Waals surface area contributed by atoms with E-state index in [-0.39, 0.29) is 11.6 Å². The van der Waals surface area contributed by atoms with Crippen molar-refractivity contribution in [3.05, 3.63) is 0 Å². The second-order valence-corrected chi connectivity index (χ2v) is 3.72. The molecule has 1 unspecified atom stereocenters. The maximum atomic E-state index is 5.77. The summed E-state index contributed by atoms with van der Waals surface area (Å²) < 4.78 is 10.2. The first-order valence-electron chi connectivity index (χ1n) is 4.31. The van der Waals surface area contributed by atoms with Gasteiger partial charge in [-0.15, -0.1) is 0 Å². The standard InChI is InChI=1S/C9H21NO2/c1-9(2,12-4)6-5-8(10)7-11-3/h8H,5-7,10H2,1-4H3. The van der Waals surface area contributed by atoms with Crippen molar-refractivity contribution in [1.29, 1.82) is 0 Å². The van der Waals surface area contributed by atoms with Crippen LogP contribution in [-0.2, 0) is 9.47 Å². The smallest absolute Gasteiger partial charge is 0.0623 e. The lowest BCUT2D eigenvalue weighted by atomic mass is 9.99. The van der Waals surface area contributed by atoms with E-state index < -0.39 is 0 Å². The summed E-state index contributed by atoms with van der Waals surface area (Å²) in [4.78, 5) is 0. The Hall–Kier alpha value is -0.120. The molecule has 0 radical (unpaired) electrons. The molecule has 0 heterocycles. The summed E-state index contributed by atoms with van der Waals surface area (Å²) >= 11 is 0. The van der Waals surface area contributed by atoms with Crippen LogP contribution in [0.5, 0.6) is 0 Å². The van der Waals surface area contributed by atoms with Gasteiger partial charge >= 0.3 is 0 Å². The van der Waals surface area contributed by atoms with Crippen LogP contribution >= 0.6 is 0 Å². The van der Waals surface area contributed by atoms with Gasteiger partial charge in [0.2, 0.25) is 0 Å². The van der Waals surface area contributed by atoms with Gasteiger partial charge in [0.05, 0.1) is 12.2 Å². The number of nitrogens with two attached hydrogens (primary N) is 1. The summed E-state index contributed by atoms with van der Waals surface area (Å²) in [5.41, 5.74) is 5.70. The summed E-state index contributed by atoms with van der Waals surface area (Å²) in [6, 6.07) is 0.129. The van der Waals surface area contributed by atoms with Gasteiger partial charge in [-0.3, -0.25) is 0 Å². The van der Waals surface area contributed by atoms with Crippen molar-refractivity contribution < 1.29 is 9.47 Å². The summed E-state index contributed by atoms with van der Waals surface area (Å²) in [5, 5.41) is 0. The Morgan fingerprint density at radius 2 is 1.92 bits per heavy atom. The molecule has 0 saturated carbocycles. The van der Waals surface area contributed by atoms with Crippen LogP contribution < -0.4 is 5.73 Å². The second kappa shape index (κ2) is 5.51. The van der Waals surface area contributed by atoms with Crippen LogP contribution in [0.15, 0.2) is 0 Å². The summed E-state index contributed by atoms with van der Waals surface area (Å²) in [5.74, 6) is 0. The summed E-state index contributed by atoms with van der Waals surface area (Å²) in [7, 11) is 3.39. The Bertz CT molecular complexity index is 115. The monoisotopic (exact) mass is 175 g/mol. The molecule has 12 heavy (non-hydrogen) atoms. The number of ether oxygens (including phenoxy) is 2. The van der Waals surface area contributed by atoms with E-state index in [0.717, 1.165) is 12.8 Å². The highest BCUT2D eigenvalue weighted by Gasteiger charge is 2.17. The maximum absolute atomic E-state index is 5.77. The number of rotatable bonds is 6. The minimum absolute atomic E-state index is 0.0641. The first-order valence-corrected chi connectivity index (χ1v) is 4.31. The number of hydrogen-bond acceptors (Lipinski definition) is 3. The van der Waals surface area contributed by atoms with E-state index in [4.69, 9.17) is 15.2 Å². The van der Waals surface area contributed by atoms with Crippen molar-refractivity contribution in [1.82, 2.24) is 0 Å². The molecule has 0 aliphatic heterocycles. The topological polar surface area (TPSA) is 44.5 Å². The normalized spacial score (nSPS) is 14.8. The molecule has 0 aliphatic rings. The molecule has 0 amide bonds. The zero-order chi connectivity index (χ0) is 9.61. The van der Waals surface area contributed by atoms with E-state index in [2.05, 4.69) is 13.8 Å². The van der Waals surface area contributed by atoms with Crippen LogP contribution in [0, 0.1) is 0 Å². The fourth-order valence-electron chi connectivity index (χ4n) is 0.932. The predicted octanol–water partition coefficient (Wildman–Crippen LogP) is 1.17. The predicted molar refractivity (Wildman–Crippen MR) is 50.2 cm³/mol. The highest BCUT2D eigenvalue weighted by atomic mass is 16.5. The zero-order valence-electron chi connectivity index (χ0n) is 8.59. The van der Waals surface area contributed by atoms with Crippen molar-refractivity contribution in [2.24, 2.45) is 5.73 Å². The summed E-state index contributed by atoms with van der Waals surface area (Å²) in [6.45, 7) is 4.75. The highest BCUT2D eigenvalue weighted by molar-refractivity contribution is 4.71. The number of methoxy groups -OCH3 is 2. The van der Waals surface area contributed by atoms with Crippen LogP contribution in [0.3, 0.4) is 0 Å². The second-order valence-electron chi connectivity index (χ2n) is 3.72. The fraction of sp³-hybridized carbons (Fsp3) is 1.00. The van der Waals surface area contributed by atoms with E-state index >= 15 is 0 Å². The Kier molecular flexibility index (Phi) is 5.46. The third-order valence-electron chi connectivity index (χ3n) is 2.05. The van der Waals surface area contributed by atoms with E-state index in [1.165, 1.54) is 0 Å². The molecule has 0 aromatic rings. The first kappa shape index (κ1) is 11.9. The van der Waals surface area contributed by atoms with Crippen LogP contribution in [0.25, 0.3) is 0 Å². The molecule has 0 aromatic heterocycles. The Labute approximate surface area is 75.2 Å². The SMILES string of the molecule is COCC(N)CCC(C)(C)OC. The van der Waals surface area contributed by atoms with Crippen molar-refractivity contribution in [2.45, 2.75) is 38.3 Å².